The third-order valence-corrected chi connectivity index (χ3v) is 3.33. The van der Waals surface area contributed by atoms with Gasteiger partial charge < -0.3 is 10.6 Å². The number of nitrogens with two attached hydrogens (primary N) is 1. The smallest absolute Gasteiger partial charge is 0.236 e. The highest BCUT2D eigenvalue weighted by Crippen LogP contribution is 2.09. The van der Waals surface area contributed by atoms with Gasteiger partial charge in [0.15, 0.2) is 0 Å². The van der Waals surface area contributed by atoms with Crippen molar-refractivity contribution in [1.29, 1.82) is 0 Å². The van der Waals surface area contributed by atoms with Crippen LogP contribution in [0.15, 0.2) is 0 Å². The molecule has 1 fully saturated rings. The molecule has 100 valence electrons. The van der Waals surface area contributed by atoms with Gasteiger partial charge in [-0.2, -0.15) is 0 Å². The van der Waals surface area contributed by atoms with Crippen molar-refractivity contribution in [1.82, 2.24) is 9.80 Å². The van der Waals surface area contributed by atoms with E-state index in [0.717, 1.165) is 38.9 Å². The van der Waals surface area contributed by atoms with Crippen molar-refractivity contribution in [2.75, 3.05) is 33.2 Å². The summed E-state index contributed by atoms with van der Waals surface area (Å²) in [6, 6.07) is 0.214. The van der Waals surface area contributed by atoms with E-state index in [1.165, 1.54) is 12.8 Å². The molecule has 2 N–H and O–H groups in total. The van der Waals surface area contributed by atoms with E-state index < -0.39 is 0 Å². The lowest BCUT2D eigenvalue weighted by atomic mass is 10.2. The zero-order valence-corrected chi connectivity index (χ0v) is 11.3. The van der Waals surface area contributed by atoms with Crippen molar-refractivity contribution in [2.24, 2.45) is 5.73 Å². The first-order valence-electron chi connectivity index (χ1n) is 6.81. The molecule has 0 aromatic heterocycles. The first-order chi connectivity index (χ1) is 8.09. The van der Waals surface area contributed by atoms with E-state index in [2.05, 4.69) is 4.90 Å². The molecule has 1 rings (SSSR count). The fourth-order valence-electron chi connectivity index (χ4n) is 2.15. The van der Waals surface area contributed by atoms with Gasteiger partial charge in [-0.25, -0.2) is 0 Å². The molecule has 1 atom stereocenters. The minimum absolute atomic E-state index is 0.214. The molecule has 1 unspecified atom stereocenters. The van der Waals surface area contributed by atoms with Crippen molar-refractivity contribution >= 4 is 5.91 Å². The Morgan fingerprint density at radius 2 is 1.88 bits per heavy atom. The summed E-state index contributed by atoms with van der Waals surface area (Å²) in [5.74, 6) is 0.277. The molecule has 1 aliphatic heterocycles. The highest BCUT2D eigenvalue weighted by molar-refractivity contribution is 5.78. The van der Waals surface area contributed by atoms with E-state index in [1.807, 2.05) is 18.9 Å². The highest BCUT2D eigenvalue weighted by Gasteiger charge is 2.16. The van der Waals surface area contributed by atoms with Gasteiger partial charge in [-0.3, -0.25) is 9.69 Å². The Morgan fingerprint density at radius 1 is 1.29 bits per heavy atom. The molecule has 4 heteroatoms. The number of hydrogen-bond donors (Lipinski definition) is 1. The summed E-state index contributed by atoms with van der Waals surface area (Å²) in [5.41, 5.74) is 5.71. The molecule has 0 radical (unpaired) electrons. The van der Waals surface area contributed by atoms with Crippen molar-refractivity contribution in [2.45, 2.75) is 45.1 Å². The second-order valence-electron chi connectivity index (χ2n) is 5.30. The SMILES string of the molecule is CC(N)CCN(C)CC(=O)N1CCCCCC1. The van der Waals surface area contributed by atoms with Gasteiger partial charge in [-0.1, -0.05) is 12.8 Å². The lowest BCUT2D eigenvalue weighted by Crippen LogP contribution is -2.40. The average Bonchev–Trinajstić information content (AvgIpc) is 2.54. The monoisotopic (exact) mass is 241 g/mol. The summed E-state index contributed by atoms with van der Waals surface area (Å²) in [6.45, 7) is 5.33. The van der Waals surface area contributed by atoms with E-state index in [4.69, 9.17) is 5.73 Å². The maximum absolute atomic E-state index is 12.1. The van der Waals surface area contributed by atoms with Crippen LogP contribution in [0, 0.1) is 0 Å². The zero-order chi connectivity index (χ0) is 12.7. The van der Waals surface area contributed by atoms with Crippen LogP contribution in [0.25, 0.3) is 0 Å². The van der Waals surface area contributed by atoms with Gasteiger partial charge in [0.25, 0.3) is 0 Å². The topological polar surface area (TPSA) is 49.6 Å². The Labute approximate surface area is 105 Å². The standard InChI is InChI=1S/C13H27N3O/c1-12(14)7-10-15(2)11-13(17)16-8-5-3-4-6-9-16/h12H,3-11,14H2,1-2H3. The molecule has 0 saturated carbocycles. The van der Waals surface area contributed by atoms with Crippen LogP contribution in [0.3, 0.4) is 0 Å². The van der Waals surface area contributed by atoms with Gasteiger partial charge in [-0.15, -0.1) is 0 Å². The van der Waals surface area contributed by atoms with Crippen molar-refractivity contribution in [3.05, 3.63) is 0 Å². The number of nitrogens with zero attached hydrogens (tertiary/aromatic N) is 2. The number of carbonyl (C=O) groups is 1. The van der Waals surface area contributed by atoms with Crippen LogP contribution in [-0.2, 0) is 4.79 Å². The number of likely N-dealkylation sites (tertiary alicyclic amines) is 1. The summed E-state index contributed by atoms with van der Waals surface area (Å²) in [4.78, 5) is 16.2. The number of rotatable bonds is 5. The molecule has 1 heterocycles. The van der Waals surface area contributed by atoms with Crippen LogP contribution >= 0.6 is 0 Å². The Balaban J connectivity index is 2.26. The summed E-state index contributed by atoms with van der Waals surface area (Å²) >= 11 is 0. The molecule has 4 nitrogen and oxygen atoms in total. The number of amides is 1. The van der Waals surface area contributed by atoms with Crippen LogP contribution in [0.2, 0.25) is 0 Å². The number of carbonyl (C=O) groups excluding carboxylic acids is 1. The summed E-state index contributed by atoms with van der Waals surface area (Å²) in [5, 5.41) is 0. The van der Waals surface area contributed by atoms with E-state index in [1.54, 1.807) is 0 Å². The highest BCUT2D eigenvalue weighted by atomic mass is 16.2. The zero-order valence-electron chi connectivity index (χ0n) is 11.3. The van der Waals surface area contributed by atoms with Gasteiger partial charge in [-0.05, 0) is 39.8 Å². The van der Waals surface area contributed by atoms with Crippen LogP contribution < -0.4 is 5.73 Å². The van der Waals surface area contributed by atoms with Crippen molar-refractivity contribution < 1.29 is 4.79 Å². The first kappa shape index (κ1) is 14.5. The normalized spacial score (nSPS) is 19.2. The third-order valence-electron chi connectivity index (χ3n) is 3.33. The Hall–Kier alpha value is -0.610. The van der Waals surface area contributed by atoms with E-state index >= 15 is 0 Å². The minimum atomic E-state index is 0.214. The second-order valence-corrected chi connectivity index (χ2v) is 5.30. The molecule has 0 aromatic rings. The van der Waals surface area contributed by atoms with Gasteiger partial charge in [0, 0.05) is 19.1 Å². The minimum Gasteiger partial charge on any atom is -0.342 e. The lowest BCUT2D eigenvalue weighted by Gasteiger charge is -2.24. The Kier molecular flexibility index (Phi) is 6.52. The maximum Gasteiger partial charge on any atom is 0.236 e. The fraction of sp³-hybridized carbons (Fsp3) is 0.923. The molecular weight excluding hydrogens is 214 g/mol. The van der Waals surface area contributed by atoms with E-state index in [-0.39, 0.29) is 11.9 Å². The van der Waals surface area contributed by atoms with E-state index in [9.17, 15) is 4.79 Å². The molecule has 0 spiro atoms. The van der Waals surface area contributed by atoms with Crippen LogP contribution in [0.1, 0.15) is 39.0 Å². The molecule has 1 aliphatic rings. The molecule has 17 heavy (non-hydrogen) atoms. The fourth-order valence-corrected chi connectivity index (χ4v) is 2.15. The van der Waals surface area contributed by atoms with Gasteiger partial charge in [0.1, 0.15) is 0 Å². The molecule has 1 saturated heterocycles. The van der Waals surface area contributed by atoms with E-state index in [0.29, 0.717) is 6.54 Å². The summed E-state index contributed by atoms with van der Waals surface area (Å²) in [6.07, 6.45) is 5.81. The first-order valence-corrected chi connectivity index (χ1v) is 6.81. The molecule has 0 aliphatic carbocycles. The molecule has 1 amide bonds. The van der Waals surface area contributed by atoms with Crippen LogP contribution in [0.4, 0.5) is 0 Å². The Morgan fingerprint density at radius 3 is 2.41 bits per heavy atom. The Bertz CT molecular complexity index is 223. The summed E-state index contributed by atoms with van der Waals surface area (Å²) < 4.78 is 0. The quantitative estimate of drug-likeness (QED) is 0.783. The number of likely N-dealkylation sites (N-methyl/N-ethyl adjacent to an activating group) is 1. The maximum atomic E-state index is 12.1. The summed E-state index contributed by atoms with van der Waals surface area (Å²) in [7, 11) is 2.00. The predicted octanol–water partition coefficient (Wildman–Crippen LogP) is 1.06. The lowest BCUT2D eigenvalue weighted by molar-refractivity contribution is -0.132. The largest absolute Gasteiger partial charge is 0.342 e. The molecule has 0 bridgehead atoms. The molecular formula is C13H27N3O. The van der Waals surface area contributed by atoms with Crippen molar-refractivity contribution in [3.63, 3.8) is 0 Å². The average molecular weight is 241 g/mol. The van der Waals surface area contributed by atoms with Crippen LogP contribution in [-0.4, -0.2) is 55.0 Å². The second kappa shape index (κ2) is 7.67. The van der Waals surface area contributed by atoms with Gasteiger partial charge in [0.05, 0.1) is 6.54 Å². The third kappa shape index (κ3) is 6.03. The van der Waals surface area contributed by atoms with Crippen molar-refractivity contribution in [3.8, 4) is 0 Å². The van der Waals surface area contributed by atoms with Crippen LogP contribution in [0.5, 0.6) is 0 Å². The molecule has 0 aromatic carbocycles. The number of hydrogen-bond acceptors (Lipinski definition) is 3. The van der Waals surface area contributed by atoms with Gasteiger partial charge >= 0.3 is 0 Å². The predicted molar refractivity (Wildman–Crippen MR) is 70.8 cm³/mol. The van der Waals surface area contributed by atoms with Gasteiger partial charge in [0.2, 0.25) is 5.91 Å².